The summed E-state index contributed by atoms with van der Waals surface area (Å²) in [7, 11) is -65.7. The van der Waals surface area contributed by atoms with Crippen molar-refractivity contribution in [3.63, 3.8) is 0 Å². The molecule has 624 valence electrons. The Bertz CT molecular complexity index is 4480. The smallest absolute Gasteiger partial charge is 0.218 e. The minimum Gasteiger partial charge on any atom is -0.726 e. The highest BCUT2D eigenvalue weighted by atomic mass is 32.3. The minimum atomic E-state index is -6.90. The normalized spacial score (nSPS) is 36.3. The van der Waals surface area contributed by atoms with Gasteiger partial charge in [0.25, 0.3) is 0 Å². The molecule has 0 radical (unpaired) electrons. The van der Waals surface area contributed by atoms with Crippen molar-refractivity contribution in [1.82, 2.24) is 15.0 Å². The fraction of sp³-hybridized carbons (Fsp3) is 0.958. The second kappa shape index (κ2) is 33.8. The van der Waals surface area contributed by atoms with E-state index in [0.29, 0.717) is 53.0 Å². The number of aromatic nitrogens is 3. The summed E-state index contributed by atoms with van der Waals surface area (Å²) < 4.78 is 444. The maximum absolute atomic E-state index is 12.8. The second-order valence-electron chi connectivity index (χ2n) is 27.3. The zero-order valence-electron chi connectivity index (χ0n) is 55.9. The minimum absolute atomic E-state index is 0.0503. The lowest BCUT2D eigenvalue weighted by Gasteiger charge is -2.61. The highest BCUT2D eigenvalue weighted by molar-refractivity contribution is 7.83. The monoisotopic (exact) mass is 1750 g/mol. The molecule has 49 nitrogen and oxygen atoms in total. The molecular formula is C48H71N3O46S10-10. The SMILES string of the molecule is CC(C)CCC[C@@H](C)[C@H]1CC[C@H]2[C@@H]3CC[C@H]4C[C@@H](OCc5cn([C@@H]6O[C@H](COS(=O)(=O)[O-])[C@@H](O[C@H]7O[C@H](COS(=O)(=O)[O-])[C@@H](O[C@H]8O[C@H](COS(=O)(=O)[O-])[C@@H](OS(=O)(=O)[O-])[C@H](OS(=O)(=O)[O-])[C@H]8OS(=O)(=O)[O-])[C@H](OS(=O)(=O)[O-])[C@H]7OS(=O)(=O)[O-])[C@H](OS(=O)(=O)[O-])[C@H]6OS(=O)(=O)[O-])nn5)CC[C@]4(C)[C@H]3CC[C@]12C. The van der Waals surface area contributed by atoms with E-state index in [2.05, 4.69) is 86.8 Å². The first-order valence-corrected chi connectivity index (χ1v) is 45.1. The van der Waals surface area contributed by atoms with Crippen molar-refractivity contribution in [1.29, 1.82) is 0 Å². The molecule has 107 heavy (non-hydrogen) atoms. The maximum Gasteiger partial charge on any atom is 0.218 e. The largest absolute Gasteiger partial charge is 0.726 e. The van der Waals surface area contributed by atoms with Gasteiger partial charge in [0.2, 0.25) is 104 Å². The molecule has 59 heteroatoms. The molecule has 24 atom stereocenters. The molecule has 7 aliphatic rings. The Balaban J connectivity index is 1.14. The van der Waals surface area contributed by atoms with Crippen molar-refractivity contribution in [2.75, 3.05) is 19.8 Å². The van der Waals surface area contributed by atoms with E-state index in [1.54, 1.807) is 0 Å². The predicted octanol–water partition coefficient (Wildman–Crippen LogP) is -4.25. The van der Waals surface area contributed by atoms with Gasteiger partial charge in [-0.1, -0.05) is 59.1 Å². The van der Waals surface area contributed by atoms with E-state index < -0.39 is 229 Å². The molecule has 4 aliphatic carbocycles. The first-order chi connectivity index (χ1) is 48.7. The quantitative estimate of drug-likeness (QED) is 0.0453. The van der Waals surface area contributed by atoms with Crippen LogP contribution in [0.4, 0.5) is 0 Å². The molecule has 7 fully saturated rings. The fourth-order valence-corrected chi connectivity index (χ4v) is 20.7. The van der Waals surface area contributed by atoms with Gasteiger partial charge in [-0.25, -0.2) is 88.9 Å². The Morgan fingerprint density at radius 1 is 0.458 bits per heavy atom. The molecule has 3 saturated heterocycles. The van der Waals surface area contributed by atoms with Crippen LogP contribution in [0.1, 0.15) is 124 Å². The molecule has 3 aliphatic heterocycles. The molecule has 4 saturated carbocycles. The predicted molar refractivity (Wildman–Crippen MR) is 322 cm³/mol. The Kier molecular flexibility index (Phi) is 28.5. The van der Waals surface area contributed by atoms with Crippen LogP contribution in [0.15, 0.2) is 6.20 Å². The molecule has 0 bridgehead atoms. The molecule has 0 amide bonds. The zero-order valence-corrected chi connectivity index (χ0v) is 64.0. The van der Waals surface area contributed by atoms with E-state index in [9.17, 15) is 130 Å². The van der Waals surface area contributed by atoms with Crippen molar-refractivity contribution in [2.45, 2.75) is 216 Å². The van der Waals surface area contributed by atoms with Gasteiger partial charge in [-0.05, 0) is 110 Å². The third-order valence-corrected chi connectivity index (χ3v) is 24.7. The summed E-state index contributed by atoms with van der Waals surface area (Å²) in [6.07, 6.45) is -40.0. The van der Waals surface area contributed by atoms with Gasteiger partial charge in [-0.2, -0.15) is 0 Å². The van der Waals surface area contributed by atoms with Crippen LogP contribution in [0.3, 0.4) is 0 Å². The van der Waals surface area contributed by atoms with E-state index >= 15 is 0 Å². The van der Waals surface area contributed by atoms with Crippen molar-refractivity contribution in [2.24, 2.45) is 52.3 Å². The number of hydrogen-bond donors (Lipinski definition) is 0. The summed E-state index contributed by atoms with van der Waals surface area (Å²) in [5.74, 6) is 3.59. The van der Waals surface area contributed by atoms with Gasteiger partial charge in [0.1, 0.15) is 60.6 Å². The van der Waals surface area contributed by atoms with Crippen molar-refractivity contribution >= 4 is 104 Å². The zero-order chi connectivity index (χ0) is 80.2. The Morgan fingerprint density at radius 2 is 0.860 bits per heavy atom. The molecule has 0 spiro atoms. The van der Waals surface area contributed by atoms with Gasteiger partial charge in [0.15, 0.2) is 37.1 Å². The third kappa shape index (κ3) is 25.5. The van der Waals surface area contributed by atoms with E-state index in [-0.39, 0.29) is 22.4 Å². The lowest BCUT2D eigenvalue weighted by atomic mass is 9.44. The Morgan fingerprint density at radius 3 is 1.32 bits per heavy atom. The van der Waals surface area contributed by atoms with Gasteiger partial charge < -0.3 is 73.9 Å². The van der Waals surface area contributed by atoms with Crippen LogP contribution in [0.5, 0.6) is 0 Å². The molecule has 0 unspecified atom stereocenters. The molecular weight excluding hydrogens is 1680 g/mol. The van der Waals surface area contributed by atoms with E-state index in [0.717, 1.165) is 44.7 Å². The van der Waals surface area contributed by atoms with Gasteiger partial charge in [-0.15, -0.1) is 5.10 Å². The van der Waals surface area contributed by atoms with E-state index in [1.807, 2.05) is 0 Å². The first kappa shape index (κ1) is 90.1. The van der Waals surface area contributed by atoms with E-state index in [1.165, 1.54) is 25.7 Å². The third-order valence-electron chi connectivity index (χ3n) is 20.2. The summed E-state index contributed by atoms with van der Waals surface area (Å²) in [5, 5.41) is 7.67. The Hall–Kier alpha value is -2.40. The van der Waals surface area contributed by atoms with Crippen LogP contribution in [0.25, 0.3) is 0 Å². The van der Waals surface area contributed by atoms with Crippen LogP contribution in [0.2, 0.25) is 0 Å². The summed E-state index contributed by atoms with van der Waals surface area (Å²) in [4.78, 5) is 0. The summed E-state index contributed by atoms with van der Waals surface area (Å²) >= 11 is 0. The van der Waals surface area contributed by atoms with Crippen molar-refractivity contribution in [3.8, 4) is 0 Å². The molecule has 1 aromatic rings. The van der Waals surface area contributed by atoms with Crippen molar-refractivity contribution in [3.05, 3.63) is 11.9 Å². The van der Waals surface area contributed by atoms with Crippen LogP contribution in [0, 0.1) is 52.3 Å². The number of fused-ring (bicyclic) bond motifs is 5. The second-order valence-corrected chi connectivity index (χ2v) is 37.5. The molecule has 0 N–H and O–H groups in total. The average Bonchev–Trinajstić information content (AvgIpc) is 1.69. The number of rotatable bonds is 36. The van der Waals surface area contributed by atoms with Gasteiger partial charge >= 0.3 is 0 Å². The fourth-order valence-electron chi connectivity index (χ4n) is 16.4. The molecule has 1 aromatic heterocycles. The van der Waals surface area contributed by atoms with Crippen molar-refractivity contribution < 1.29 is 200 Å². The number of hydrogen-bond acceptors (Lipinski definition) is 48. The van der Waals surface area contributed by atoms with Gasteiger partial charge in [0, 0.05) is 0 Å². The van der Waals surface area contributed by atoms with Crippen LogP contribution in [-0.2, 0) is 181 Å². The van der Waals surface area contributed by atoms with Crippen LogP contribution in [-0.4, -0.2) is 256 Å². The Labute approximate surface area is 615 Å². The molecule has 8 rings (SSSR count). The lowest BCUT2D eigenvalue weighted by molar-refractivity contribution is -0.364. The molecule has 4 heterocycles. The number of nitrogens with zero attached hydrogens (tertiary/aromatic N) is 3. The lowest BCUT2D eigenvalue weighted by Crippen LogP contribution is -2.68. The van der Waals surface area contributed by atoms with Crippen LogP contribution < -0.4 is 0 Å². The maximum atomic E-state index is 12.8. The van der Waals surface area contributed by atoms with E-state index in [4.69, 9.17) is 28.4 Å². The topological polar surface area (TPSA) is 750 Å². The highest BCUT2D eigenvalue weighted by Crippen LogP contribution is 2.68. The summed E-state index contributed by atoms with van der Waals surface area (Å²) in [6.45, 7) is 4.58. The van der Waals surface area contributed by atoms with Gasteiger partial charge in [-0.3, -0.25) is 41.8 Å². The average molecular weight is 1750 g/mol. The summed E-state index contributed by atoms with van der Waals surface area (Å²) in [6, 6.07) is 0. The molecule has 0 aromatic carbocycles. The first-order valence-electron chi connectivity index (χ1n) is 31.7. The standard InChI is InChI=1S/C48H81N3O46S10/c1-23(2)7-6-8-24(3)29-11-12-30-28-10-9-25-17-27(13-15-47(25,4)31(28)14-16-48(29,30)5)82-19-26-18-51(50-49-26)44-41(95-105(73,74)75)38(92-102(64,65)66)35(32(86-44)20-83-98(52,53)54)89-45-42(96-106(76,77)78)39(93-103(67,68)69)36(33(87-45)21-84-99(55,56)57)90-46-43(97-107(79,80)81)40(94-104(70,71)72)37(91-101(61,62)63)34(88-46)22-85-100(58,59)60/h18,23-25,27-46H,6-17,19-22H2,1-5H3,(H,52,53,54)(H,55,56,57)(H,58,59,60)(H,61,62,63)(H,64,65,66)(H,67,68,69)(H,70,71,72)(H,73,74,75)(H,76,77,78)(H,79,80,81)/p-10/t24-,25+,27+,28+,29-,30+,31+,32-,33-,34-,35-,36-,37-,38+,39+,40+,41-,42-,43-,44-,45-,46-,47+,48-/m1/s1. The number of ether oxygens (including phenoxy) is 6. The summed E-state index contributed by atoms with van der Waals surface area (Å²) in [5.41, 5.74) is -0.0491. The highest BCUT2D eigenvalue weighted by Gasteiger charge is 2.63. The van der Waals surface area contributed by atoms with Crippen LogP contribution >= 0.6 is 0 Å². The van der Waals surface area contributed by atoms with Gasteiger partial charge in [0.05, 0.1) is 38.7 Å².